The van der Waals surface area contributed by atoms with E-state index in [1.807, 2.05) is 6.92 Å². The first kappa shape index (κ1) is 19.8. The van der Waals surface area contributed by atoms with E-state index in [1.54, 1.807) is 57.2 Å². The van der Waals surface area contributed by atoms with Gasteiger partial charge < -0.3 is 4.42 Å². The summed E-state index contributed by atoms with van der Waals surface area (Å²) in [7, 11) is -4.20. The molecule has 0 saturated carbocycles. The maximum Gasteiger partial charge on any atom is 0.358 e. The molecule has 0 spiro atoms. The second kappa shape index (κ2) is 7.20. The van der Waals surface area contributed by atoms with Gasteiger partial charge in [-0.3, -0.25) is 9.08 Å². The molecule has 0 radical (unpaired) electrons. The van der Waals surface area contributed by atoms with Gasteiger partial charge in [-0.05, 0) is 31.2 Å². The molecule has 3 aromatic rings. The van der Waals surface area contributed by atoms with Gasteiger partial charge in [-0.2, -0.15) is 8.42 Å². The Morgan fingerprint density at radius 1 is 1.07 bits per heavy atom. The minimum atomic E-state index is -4.20. The van der Waals surface area contributed by atoms with Gasteiger partial charge in [0.25, 0.3) is 5.89 Å². The number of oxime groups is 1. The van der Waals surface area contributed by atoms with E-state index in [-0.39, 0.29) is 16.5 Å². The molecule has 1 aromatic heterocycles. The highest BCUT2D eigenvalue weighted by Gasteiger charge is 2.32. The maximum absolute atomic E-state index is 12.8. The molecule has 28 heavy (non-hydrogen) atoms. The minimum absolute atomic E-state index is 0.0676. The highest BCUT2D eigenvalue weighted by molar-refractivity contribution is 7.86. The SMILES string of the molecule is Cc1ccc(S(=O)(=O)ON=C(C(=O)C(C)(C)C)c2nc3ccccc3o2)cc1. The number of oxazole rings is 1. The first-order valence-corrected chi connectivity index (χ1v) is 9.98. The fourth-order valence-corrected chi connectivity index (χ4v) is 3.07. The van der Waals surface area contributed by atoms with E-state index in [2.05, 4.69) is 10.1 Å². The number of carbonyl (C=O) groups excluding carboxylic acids is 1. The smallest absolute Gasteiger partial charge is 0.358 e. The van der Waals surface area contributed by atoms with E-state index in [4.69, 9.17) is 8.70 Å². The predicted octanol–water partition coefficient (Wildman–Crippen LogP) is 3.86. The Hall–Kier alpha value is -3.00. The van der Waals surface area contributed by atoms with Crippen LogP contribution in [0.5, 0.6) is 0 Å². The van der Waals surface area contributed by atoms with Gasteiger partial charge in [-0.25, -0.2) is 4.98 Å². The molecule has 0 unspecified atom stereocenters. The van der Waals surface area contributed by atoms with Crippen LogP contribution in [-0.4, -0.2) is 24.9 Å². The molecule has 0 atom stereocenters. The zero-order chi connectivity index (χ0) is 20.5. The summed E-state index contributed by atoms with van der Waals surface area (Å²) in [5, 5.41) is 3.65. The summed E-state index contributed by atoms with van der Waals surface area (Å²) in [5.74, 6) is -0.557. The number of rotatable bonds is 5. The normalized spacial score (nSPS) is 12.9. The van der Waals surface area contributed by atoms with Crippen LogP contribution in [0.4, 0.5) is 0 Å². The van der Waals surface area contributed by atoms with Crippen LogP contribution in [0.1, 0.15) is 32.2 Å². The molecule has 0 amide bonds. The number of para-hydroxylation sites is 2. The Morgan fingerprint density at radius 3 is 2.32 bits per heavy atom. The second-order valence-electron chi connectivity index (χ2n) is 7.35. The van der Waals surface area contributed by atoms with E-state index in [0.29, 0.717) is 11.1 Å². The Labute approximate surface area is 163 Å². The molecule has 0 aliphatic rings. The summed E-state index contributed by atoms with van der Waals surface area (Å²) < 4.78 is 35.3. The average molecular weight is 400 g/mol. The van der Waals surface area contributed by atoms with Crippen LogP contribution in [-0.2, 0) is 19.2 Å². The lowest BCUT2D eigenvalue weighted by Gasteiger charge is -2.15. The van der Waals surface area contributed by atoms with Crippen molar-refractivity contribution >= 4 is 32.7 Å². The van der Waals surface area contributed by atoms with Crippen molar-refractivity contribution in [3.05, 3.63) is 60.0 Å². The van der Waals surface area contributed by atoms with Crippen LogP contribution < -0.4 is 0 Å². The van der Waals surface area contributed by atoms with Crippen LogP contribution in [0, 0.1) is 12.3 Å². The quantitative estimate of drug-likeness (QED) is 0.476. The van der Waals surface area contributed by atoms with Crippen LogP contribution in [0.3, 0.4) is 0 Å². The standard InChI is InChI=1S/C20H20N2O5S/c1-13-9-11-14(12-10-13)28(24,25)27-22-17(18(23)20(2,3)4)19-21-15-7-5-6-8-16(15)26-19/h5-12H,1-4H3. The third-order valence-electron chi connectivity index (χ3n) is 3.93. The number of aromatic nitrogens is 1. The van der Waals surface area contributed by atoms with Crippen LogP contribution >= 0.6 is 0 Å². The van der Waals surface area contributed by atoms with E-state index in [0.717, 1.165) is 5.56 Å². The molecule has 0 saturated heterocycles. The lowest BCUT2D eigenvalue weighted by molar-refractivity contribution is -0.119. The average Bonchev–Trinajstić information content (AvgIpc) is 3.05. The molecule has 0 aliphatic carbocycles. The summed E-state index contributed by atoms with van der Waals surface area (Å²) in [6.45, 7) is 6.88. The number of fused-ring (bicyclic) bond motifs is 1. The number of aryl methyl sites for hydroxylation is 1. The number of Topliss-reactive ketones (excluding diaryl/α,β-unsaturated/α-hetero) is 1. The molecular formula is C20H20N2O5S. The van der Waals surface area contributed by atoms with E-state index in [1.165, 1.54) is 12.1 Å². The number of benzene rings is 2. The highest BCUT2D eigenvalue weighted by Crippen LogP contribution is 2.22. The summed E-state index contributed by atoms with van der Waals surface area (Å²) in [4.78, 5) is 17.0. The topological polar surface area (TPSA) is 98.8 Å². The van der Waals surface area contributed by atoms with Crippen molar-refractivity contribution < 1.29 is 21.9 Å². The molecule has 0 fully saturated rings. The van der Waals surface area contributed by atoms with E-state index in [9.17, 15) is 13.2 Å². The molecule has 2 aromatic carbocycles. The van der Waals surface area contributed by atoms with E-state index >= 15 is 0 Å². The largest absolute Gasteiger partial charge is 0.435 e. The minimum Gasteiger partial charge on any atom is -0.435 e. The number of ketones is 1. The number of carbonyl (C=O) groups is 1. The molecule has 3 rings (SSSR count). The highest BCUT2D eigenvalue weighted by atomic mass is 32.2. The molecule has 0 N–H and O–H groups in total. The number of hydrogen-bond acceptors (Lipinski definition) is 7. The predicted molar refractivity (Wildman–Crippen MR) is 104 cm³/mol. The van der Waals surface area contributed by atoms with Crippen molar-refractivity contribution in [2.24, 2.45) is 10.6 Å². The fraction of sp³-hybridized carbons (Fsp3) is 0.250. The Bertz CT molecular complexity index is 1120. The van der Waals surface area contributed by atoms with Crippen molar-refractivity contribution in [2.75, 3.05) is 0 Å². The zero-order valence-corrected chi connectivity index (χ0v) is 16.8. The molecule has 146 valence electrons. The number of nitrogens with zero attached hydrogens (tertiary/aromatic N) is 2. The maximum atomic E-state index is 12.8. The summed E-state index contributed by atoms with van der Waals surface area (Å²) >= 11 is 0. The second-order valence-corrected chi connectivity index (χ2v) is 8.88. The van der Waals surface area contributed by atoms with Crippen molar-refractivity contribution in [1.82, 2.24) is 4.98 Å². The third kappa shape index (κ3) is 4.12. The van der Waals surface area contributed by atoms with Crippen LogP contribution in [0.25, 0.3) is 11.1 Å². The van der Waals surface area contributed by atoms with Crippen molar-refractivity contribution in [3.63, 3.8) is 0 Å². The Balaban J connectivity index is 2.03. The van der Waals surface area contributed by atoms with Gasteiger partial charge >= 0.3 is 10.1 Å². The first-order valence-electron chi connectivity index (χ1n) is 8.57. The lowest BCUT2D eigenvalue weighted by Crippen LogP contribution is -2.30. The zero-order valence-electron chi connectivity index (χ0n) is 16.0. The van der Waals surface area contributed by atoms with Crippen molar-refractivity contribution in [2.45, 2.75) is 32.6 Å². The van der Waals surface area contributed by atoms with Gasteiger partial charge in [-0.15, -0.1) is 0 Å². The van der Waals surface area contributed by atoms with Crippen molar-refractivity contribution in [3.8, 4) is 0 Å². The molecule has 1 heterocycles. The Kier molecular flexibility index (Phi) is 5.08. The third-order valence-corrected chi connectivity index (χ3v) is 5.05. The molecular weight excluding hydrogens is 380 g/mol. The molecule has 8 heteroatoms. The van der Waals surface area contributed by atoms with Gasteiger partial charge in [0.05, 0.1) is 0 Å². The van der Waals surface area contributed by atoms with Crippen LogP contribution in [0.2, 0.25) is 0 Å². The summed E-state index contributed by atoms with van der Waals surface area (Å²) in [6, 6.07) is 13.0. The molecule has 0 aliphatic heterocycles. The Morgan fingerprint density at radius 2 is 1.71 bits per heavy atom. The van der Waals surface area contributed by atoms with Gasteiger partial charge in [-0.1, -0.05) is 55.8 Å². The lowest BCUT2D eigenvalue weighted by atomic mass is 9.88. The van der Waals surface area contributed by atoms with Gasteiger partial charge in [0, 0.05) is 5.41 Å². The van der Waals surface area contributed by atoms with Gasteiger partial charge in [0.15, 0.2) is 11.4 Å². The number of hydrogen-bond donors (Lipinski definition) is 0. The van der Waals surface area contributed by atoms with Gasteiger partial charge in [0.2, 0.25) is 5.71 Å². The first-order chi connectivity index (χ1) is 13.1. The monoisotopic (exact) mass is 400 g/mol. The van der Waals surface area contributed by atoms with E-state index < -0.39 is 21.3 Å². The van der Waals surface area contributed by atoms with Gasteiger partial charge in [0.1, 0.15) is 10.4 Å². The van der Waals surface area contributed by atoms with Crippen LogP contribution in [0.15, 0.2) is 63.0 Å². The molecule has 7 nitrogen and oxygen atoms in total. The van der Waals surface area contributed by atoms with Crippen molar-refractivity contribution in [1.29, 1.82) is 0 Å². The molecule has 0 bridgehead atoms. The fourth-order valence-electron chi connectivity index (χ4n) is 2.34. The summed E-state index contributed by atoms with van der Waals surface area (Å²) in [5.41, 5.74) is 0.731. The summed E-state index contributed by atoms with van der Waals surface area (Å²) in [6.07, 6.45) is 0.